The Labute approximate surface area is 86.5 Å². The van der Waals surface area contributed by atoms with Crippen LogP contribution in [-0.2, 0) is 0 Å². The molecule has 0 heterocycles. The largest absolute Gasteiger partial charge is 0.156 e. The highest BCUT2D eigenvalue weighted by atomic mass is 35.5. The fourth-order valence-corrected chi connectivity index (χ4v) is 2.40. The summed E-state index contributed by atoms with van der Waals surface area (Å²) in [5.41, 5.74) is 0. The number of hydrogen-bond acceptors (Lipinski definition) is 1. The Balaban J connectivity index is 3.31. The van der Waals surface area contributed by atoms with Gasteiger partial charge in [0.15, 0.2) is 0 Å². The molecule has 0 bridgehead atoms. The van der Waals surface area contributed by atoms with Crippen LogP contribution in [0.4, 0.5) is 0 Å². The van der Waals surface area contributed by atoms with Crippen molar-refractivity contribution in [3.05, 3.63) is 0 Å². The van der Waals surface area contributed by atoms with Crippen LogP contribution < -0.4 is 0 Å². The zero-order chi connectivity index (χ0) is 9.61. The van der Waals surface area contributed by atoms with Gasteiger partial charge in [-0.2, -0.15) is 11.8 Å². The molecular weight excluding hydrogens is 188 g/mol. The van der Waals surface area contributed by atoms with Crippen LogP contribution in [0.1, 0.15) is 40.5 Å². The molecule has 0 aromatic carbocycles. The van der Waals surface area contributed by atoms with Gasteiger partial charge in [-0.05, 0) is 24.5 Å². The summed E-state index contributed by atoms with van der Waals surface area (Å²) < 4.78 is 0.417. The SMILES string of the molecule is CC(CCCl)CCSC(C)(C)C. The Bertz CT molecular complexity index is 107. The molecule has 0 aliphatic heterocycles. The van der Waals surface area contributed by atoms with Gasteiger partial charge in [0.05, 0.1) is 0 Å². The van der Waals surface area contributed by atoms with E-state index >= 15 is 0 Å². The number of hydrogen-bond donors (Lipinski definition) is 0. The van der Waals surface area contributed by atoms with Gasteiger partial charge in [0.2, 0.25) is 0 Å². The van der Waals surface area contributed by atoms with E-state index in [4.69, 9.17) is 11.6 Å². The van der Waals surface area contributed by atoms with E-state index in [9.17, 15) is 0 Å². The summed E-state index contributed by atoms with van der Waals surface area (Å²) in [6.45, 7) is 9.09. The van der Waals surface area contributed by atoms with Crippen LogP contribution in [0.3, 0.4) is 0 Å². The average Bonchev–Trinajstić information content (AvgIpc) is 1.84. The molecule has 0 aromatic heterocycles. The third-order valence-corrected chi connectivity index (χ3v) is 3.27. The molecule has 0 saturated heterocycles. The van der Waals surface area contributed by atoms with Crippen LogP contribution in [0.5, 0.6) is 0 Å². The maximum Gasteiger partial charge on any atom is 0.0225 e. The first-order valence-corrected chi connectivity index (χ1v) is 6.17. The lowest BCUT2D eigenvalue weighted by Gasteiger charge is -2.18. The molecule has 0 amide bonds. The molecule has 0 saturated carbocycles. The fourth-order valence-electron chi connectivity index (χ4n) is 0.897. The Kier molecular flexibility index (Phi) is 6.48. The van der Waals surface area contributed by atoms with Gasteiger partial charge in [0, 0.05) is 10.6 Å². The lowest BCUT2D eigenvalue weighted by molar-refractivity contribution is 0.550. The van der Waals surface area contributed by atoms with Gasteiger partial charge in [0.25, 0.3) is 0 Å². The highest BCUT2D eigenvalue weighted by Gasteiger charge is 2.10. The first kappa shape index (κ1) is 12.6. The van der Waals surface area contributed by atoms with Crippen molar-refractivity contribution in [1.82, 2.24) is 0 Å². The lowest BCUT2D eigenvalue weighted by atomic mass is 10.1. The van der Waals surface area contributed by atoms with Crippen LogP contribution >= 0.6 is 23.4 Å². The average molecular weight is 209 g/mol. The Morgan fingerprint density at radius 3 is 2.25 bits per heavy atom. The Hall–Kier alpha value is 0.640. The highest BCUT2D eigenvalue weighted by Crippen LogP contribution is 2.25. The van der Waals surface area contributed by atoms with Crippen LogP contribution in [0, 0.1) is 5.92 Å². The summed E-state index contributed by atoms with van der Waals surface area (Å²) in [7, 11) is 0. The smallest absolute Gasteiger partial charge is 0.0225 e. The number of alkyl halides is 1. The maximum absolute atomic E-state index is 5.66. The van der Waals surface area contributed by atoms with Crippen molar-refractivity contribution in [1.29, 1.82) is 0 Å². The molecule has 1 unspecified atom stereocenters. The van der Waals surface area contributed by atoms with Gasteiger partial charge in [0.1, 0.15) is 0 Å². The van der Waals surface area contributed by atoms with Crippen molar-refractivity contribution in [2.45, 2.75) is 45.3 Å². The Morgan fingerprint density at radius 1 is 1.25 bits per heavy atom. The van der Waals surface area contributed by atoms with Gasteiger partial charge >= 0.3 is 0 Å². The van der Waals surface area contributed by atoms with E-state index in [2.05, 4.69) is 27.7 Å². The standard InChI is InChI=1S/C10H21ClS/c1-9(5-7-11)6-8-12-10(2,3)4/h9H,5-8H2,1-4H3. The molecule has 0 N–H and O–H groups in total. The van der Waals surface area contributed by atoms with Gasteiger partial charge < -0.3 is 0 Å². The van der Waals surface area contributed by atoms with E-state index in [1.165, 1.54) is 12.2 Å². The van der Waals surface area contributed by atoms with E-state index in [0.29, 0.717) is 4.75 Å². The van der Waals surface area contributed by atoms with Crippen molar-refractivity contribution in [3.63, 3.8) is 0 Å². The maximum atomic E-state index is 5.66. The van der Waals surface area contributed by atoms with Crippen LogP contribution in [0.25, 0.3) is 0 Å². The summed E-state index contributed by atoms with van der Waals surface area (Å²) in [4.78, 5) is 0. The summed E-state index contributed by atoms with van der Waals surface area (Å²) in [6, 6.07) is 0. The monoisotopic (exact) mass is 208 g/mol. The Morgan fingerprint density at radius 2 is 1.83 bits per heavy atom. The number of rotatable bonds is 5. The van der Waals surface area contributed by atoms with Gasteiger partial charge in [-0.1, -0.05) is 27.7 Å². The van der Waals surface area contributed by atoms with Gasteiger partial charge in [-0.15, -0.1) is 11.6 Å². The molecule has 0 spiro atoms. The molecule has 0 aliphatic carbocycles. The molecule has 74 valence electrons. The predicted molar refractivity (Wildman–Crippen MR) is 61.3 cm³/mol. The minimum atomic E-state index is 0.417. The highest BCUT2D eigenvalue weighted by molar-refractivity contribution is 8.00. The van der Waals surface area contributed by atoms with Crippen molar-refractivity contribution in [2.75, 3.05) is 11.6 Å². The third kappa shape index (κ3) is 8.73. The predicted octanol–water partition coefficient (Wildman–Crippen LogP) is 4.17. The molecule has 0 rings (SSSR count). The van der Waals surface area contributed by atoms with Crippen molar-refractivity contribution in [3.8, 4) is 0 Å². The van der Waals surface area contributed by atoms with Crippen LogP contribution in [-0.4, -0.2) is 16.4 Å². The first-order valence-electron chi connectivity index (χ1n) is 4.65. The van der Waals surface area contributed by atoms with E-state index in [1.54, 1.807) is 0 Å². The zero-order valence-electron chi connectivity index (χ0n) is 8.69. The quantitative estimate of drug-likeness (QED) is 0.612. The van der Waals surface area contributed by atoms with Crippen molar-refractivity contribution >= 4 is 23.4 Å². The normalized spacial score (nSPS) is 14.8. The molecule has 0 fully saturated rings. The van der Waals surface area contributed by atoms with Crippen LogP contribution in [0.2, 0.25) is 0 Å². The molecule has 0 aliphatic rings. The van der Waals surface area contributed by atoms with Crippen molar-refractivity contribution in [2.24, 2.45) is 5.92 Å². The minimum absolute atomic E-state index is 0.417. The molecule has 0 aromatic rings. The topological polar surface area (TPSA) is 0 Å². The number of halogens is 1. The molecular formula is C10H21ClS. The molecule has 2 heteroatoms. The second-order valence-electron chi connectivity index (χ2n) is 4.33. The number of thioether (sulfide) groups is 1. The van der Waals surface area contributed by atoms with E-state index in [1.807, 2.05) is 11.8 Å². The summed E-state index contributed by atoms with van der Waals surface area (Å²) in [5, 5.41) is 0. The molecule has 0 nitrogen and oxygen atoms in total. The second kappa shape index (κ2) is 6.15. The lowest BCUT2D eigenvalue weighted by Crippen LogP contribution is -2.09. The van der Waals surface area contributed by atoms with E-state index in [-0.39, 0.29) is 0 Å². The summed E-state index contributed by atoms with van der Waals surface area (Å²) in [6.07, 6.45) is 2.46. The minimum Gasteiger partial charge on any atom is -0.156 e. The van der Waals surface area contributed by atoms with Gasteiger partial charge in [-0.25, -0.2) is 0 Å². The second-order valence-corrected chi connectivity index (χ2v) is 6.63. The molecule has 1 atom stereocenters. The third-order valence-electron chi connectivity index (χ3n) is 1.75. The van der Waals surface area contributed by atoms with E-state index in [0.717, 1.165) is 18.2 Å². The summed E-state index contributed by atoms with van der Waals surface area (Å²) in [5.74, 6) is 2.86. The molecule has 12 heavy (non-hydrogen) atoms. The first-order chi connectivity index (χ1) is 5.45. The van der Waals surface area contributed by atoms with Gasteiger partial charge in [-0.3, -0.25) is 0 Å². The van der Waals surface area contributed by atoms with E-state index < -0.39 is 0 Å². The molecule has 0 radical (unpaired) electrons. The van der Waals surface area contributed by atoms with Crippen LogP contribution in [0.15, 0.2) is 0 Å². The van der Waals surface area contributed by atoms with Crippen molar-refractivity contribution < 1.29 is 0 Å². The summed E-state index contributed by atoms with van der Waals surface area (Å²) >= 11 is 7.70. The zero-order valence-corrected chi connectivity index (χ0v) is 10.3. The fraction of sp³-hybridized carbons (Fsp3) is 1.00.